The maximum Gasteiger partial charge on any atom is 0.335 e. The van der Waals surface area contributed by atoms with Crippen molar-refractivity contribution < 1.29 is 8.78 Å². The van der Waals surface area contributed by atoms with E-state index in [1.54, 1.807) is 0 Å². The van der Waals surface area contributed by atoms with Crippen LogP contribution < -0.4 is 0 Å². The average Bonchev–Trinajstić information content (AvgIpc) is 2.12. The summed E-state index contributed by atoms with van der Waals surface area (Å²) < 4.78 is 23.2. The van der Waals surface area contributed by atoms with Gasteiger partial charge in [0.15, 0.2) is 0 Å². The maximum absolute atomic E-state index is 11.4. The summed E-state index contributed by atoms with van der Waals surface area (Å²) in [5.74, 6) is 0. The van der Waals surface area contributed by atoms with Crippen molar-refractivity contribution in [3.63, 3.8) is 0 Å². The van der Waals surface area contributed by atoms with Gasteiger partial charge < -0.3 is 0 Å². The van der Waals surface area contributed by atoms with Crippen LogP contribution in [0.4, 0.5) is 8.78 Å². The highest BCUT2D eigenvalue weighted by Gasteiger charge is 2.03. The molecule has 0 aliphatic carbocycles. The van der Waals surface area contributed by atoms with E-state index in [1.807, 2.05) is 6.33 Å². The Labute approximate surface area is 44.0 Å². The number of halogens is 2. The van der Waals surface area contributed by atoms with Crippen molar-refractivity contribution in [2.75, 3.05) is 0 Å². The number of aromatic nitrogens is 3. The number of hydrogen-bond donors (Lipinski definition) is 0. The van der Waals surface area contributed by atoms with Crippen molar-refractivity contribution in [1.82, 2.24) is 14.8 Å². The van der Waals surface area contributed by atoms with E-state index in [0.29, 0.717) is 4.68 Å². The van der Waals surface area contributed by atoms with Crippen LogP contribution in [0.15, 0.2) is 6.33 Å². The molecule has 1 aromatic rings. The lowest BCUT2D eigenvalue weighted by atomic mass is 11.1. The molecule has 0 atom stereocenters. The predicted molar refractivity (Wildman–Crippen MR) is 20.1 cm³/mol. The molecule has 8 heavy (non-hydrogen) atoms. The van der Waals surface area contributed by atoms with Crippen LogP contribution in [0.3, 0.4) is 0 Å². The standard InChI is InChI=1S/C3H2F2N3/c4-3(5)8-2-6-1-7-8/h1,3H. The Bertz CT molecular complexity index is 148. The second-order valence-corrected chi connectivity index (χ2v) is 1.08. The van der Waals surface area contributed by atoms with Crippen LogP contribution in [-0.2, 0) is 0 Å². The molecule has 43 valence electrons. The molecule has 5 heteroatoms. The zero-order valence-electron chi connectivity index (χ0n) is 3.75. The van der Waals surface area contributed by atoms with Gasteiger partial charge in [-0.25, -0.2) is 4.98 Å². The van der Waals surface area contributed by atoms with E-state index in [1.165, 1.54) is 0 Å². The molecule has 0 amide bonds. The predicted octanol–water partition coefficient (Wildman–Crippen LogP) is 0.473. The highest BCUT2D eigenvalue weighted by molar-refractivity contribution is 4.51. The van der Waals surface area contributed by atoms with Crippen molar-refractivity contribution in [2.24, 2.45) is 0 Å². The Hall–Kier alpha value is -1.00. The van der Waals surface area contributed by atoms with Gasteiger partial charge in [0, 0.05) is 0 Å². The quantitative estimate of drug-likeness (QED) is 0.536. The van der Waals surface area contributed by atoms with Gasteiger partial charge in [0.1, 0.15) is 6.33 Å². The van der Waals surface area contributed by atoms with E-state index in [-0.39, 0.29) is 0 Å². The second-order valence-electron chi connectivity index (χ2n) is 1.08. The number of alkyl halides is 2. The zero-order chi connectivity index (χ0) is 5.98. The second kappa shape index (κ2) is 1.85. The molecule has 0 saturated heterocycles. The van der Waals surface area contributed by atoms with Gasteiger partial charge in [-0.2, -0.15) is 18.6 Å². The molecule has 1 aromatic heterocycles. The van der Waals surface area contributed by atoms with E-state index < -0.39 is 6.55 Å². The van der Waals surface area contributed by atoms with Gasteiger partial charge in [-0.05, 0) is 0 Å². The summed E-state index contributed by atoms with van der Waals surface area (Å²) in [7, 11) is 0. The topological polar surface area (TPSA) is 30.7 Å². The van der Waals surface area contributed by atoms with Gasteiger partial charge in [0.25, 0.3) is 0 Å². The summed E-state index contributed by atoms with van der Waals surface area (Å²) in [6.07, 6.45) is 2.95. The normalized spacial score (nSPS) is 10.4. The first kappa shape index (κ1) is 5.14. The number of rotatable bonds is 1. The summed E-state index contributed by atoms with van der Waals surface area (Å²) in [5, 5.41) is 3.12. The molecule has 0 aliphatic heterocycles. The molecule has 1 heterocycles. The van der Waals surface area contributed by atoms with Crippen LogP contribution in [0.5, 0.6) is 0 Å². The Kier molecular flexibility index (Phi) is 1.19. The van der Waals surface area contributed by atoms with Gasteiger partial charge >= 0.3 is 6.55 Å². The zero-order valence-corrected chi connectivity index (χ0v) is 3.75. The van der Waals surface area contributed by atoms with Crippen LogP contribution in [-0.4, -0.2) is 14.8 Å². The third-order valence-electron chi connectivity index (χ3n) is 0.579. The van der Waals surface area contributed by atoms with Crippen molar-refractivity contribution in [3.8, 4) is 0 Å². The summed E-state index contributed by atoms with van der Waals surface area (Å²) >= 11 is 0. The third-order valence-corrected chi connectivity index (χ3v) is 0.579. The third kappa shape index (κ3) is 0.800. The molecule has 1 rings (SSSR count). The molecule has 1 radical (unpaired) electrons. The van der Waals surface area contributed by atoms with E-state index >= 15 is 0 Å². The minimum atomic E-state index is -2.63. The molecule has 0 aliphatic rings. The fourth-order valence-corrected chi connectivity index (χ4v) is 0.286. The van der Waals surface area contributed by atoms with E-state index in [0.717, 1.165) is 6.33 Å². The van der Waals surface area contributed by atoms with Crippen LogP contribution in [0, 0.1) is 6.33 Å². The van der Waals surface area contributed by atoms with Gasteiger partial charge in [-0.3, -0.25) is 0 Å². The molecule has 0 fully saturated rings. The Morgan fingerprint density at radius 2 is 2.38 bits per heavy atom. The fourth-order valence-electron chi connectivity index (χ4n) is 0.286. The molecule has 0 bridgehead atoms. The smallest absolute Gasteiger partial charge is 0.212 e. The summed E-state index contributed by atoms with van der Waals surface area (Å²) in [5.41, 5.74) is 0. The average molecular weight is 118 g/mol. The maximum atomic E-state index is 11.4. The first-order valence-electron chi connectivity index (χ1n) is 1.86. The number of hydrogen-bond acceptors (Lipinski definition) is 2. The van der Waals surface area contributed by atoms with Gasteiger partial charge in [-0.1, -0.05) is 0 Å². The van der Waals surface area contributed by atoms with Crippen LogP contribution >= 0.6 is 0 Å². The summed E-state index contributed by atoms with van der Waals surface area (Å²) in [6, 6.07) is 0. The van der Waals surface area contributed by atoms with Crippen LogP contribution in [0.1, 0.15) is 6.55 Å². The summed E-state index contributed by atoms with van der Waals surface area (Å²) in [6.45, 7) is -2.63. The Morgan fingerprint density at radius 1 is 1.62 bits per heavy atom. The largest absolute Gasteiger partial charge is 0.335 e. The molecule has 0 spiro atoms. The molecule has 0 unspecified atom stereocenters. The molecule has 0 aromatic carbocycles. The highest BCUT2D eigenvalue weighted by Crippen LogP contribution is 2.03. The van der Waals surface area contributed by atoms with E-state index in [4.69, 9.17) is 0 Å². The summed E-state index contributed by atoms with van der Waals surface area (Å²) in [4.78, 5) is 3.19. The number of nitrogens with zero attached hydrogens (tertiary/aromatic N) is 3. The minimum absolute atomic E-state index is 0.347. The SMILES string of the molecule is FC(F)n1[c]ncn1. The van der Waals surface area contributed by atoms with Crippen molar-refractivity contribution >= 4 is 0 Å². The van der Waals surface area contributed by atoms with E-state index in [2.05, 4.69) is 10.1 Å². The lowest BCUT2D eigenvalue weighted by Crippen LogP contribution is -1.97. The highest BCUT2D eigenvalue weighted by atomic mass is 19.3. The van der Waals surface area contributed by atoms with Crippen LogP contribution in [0.2, 0.25) is 0 Å². The monoisotopic (exact) mass is 118 g/mol. The van der Waals surface area contributed by atoms with Crippen LogP contribution in [0.25, 0.3) is 0 Å². The lowest BCUT2D eigenvalue weighted by molar-refractivity contribution is 0.0553. The van der Waals surface area contributed by atoms with Gasteiger partial charge in [0.2, 0.25) is 6.33 Å². The Morgan fingerprint density at radius 3 is 2.62 bits per heavy atom. The van der Waals surface area contributed by atoms with Gasteiger partial charge in [-0.15, -0.1) is 0 Å². The molecular formula is C3H2F2N3. The van der Waals surface area contributed by atoms with Crippen molar-refractivity contribution in [1.29, 1.82) is 0 Å². The minimum Gasteiger partial charge on any atom is -0.212 e. The molecule has 0 saturated carbocycles. The molecule has 3 nitrogen and oxygen atoms in total. The Balaban J connectivity index is 2.77. The van der Waals surface area contributed by atoms with E-state index in [9.17, 15) is 8.78 Å². The molecule has 0 N–H and O–H groups in total. The molecular weight excluding hydrogens is 116 g/mol. The first-order valence-corrected chi connectivity index (χ1v) is 1.86. The fraction of sp³-hybridized carbons (Fsp3) is 0.333. The first-order chi connectivity index (χ1) is 3.80. The van der Waals surface area contributed by atoms with Crippen molar-refractivity contribution in [3.05, 3.63) is 12.7 Å². The van der Waals surface area contributed by atoms with Crippen molar-refractivity contribution in [2.45, 2.75) is 6.55 Å². The van der Waals surface area contributed by atoms with Gasteiger partial charge in [0.05, 0.1) is 0 Å². The lowest BCUT2D eigenvalue weighted by Gasteiger charge is -1.91.